The van der Waals surface area contributed by atoms with E-state index >= 15 is 0 Å². The van der Waals surface area contributed by atoms with E-state index < -0.39 is 0 Å². The van der Waals surface area contributed by atoms with Gasteiger partial charge in [-0.1, -0.05) is 6.07 Å². The Morgan fingerprint density at radius 1 is 1.29 bits per heavy atom. The molecule has 2 N–H and O–H groups in total. The first-order valence-corrected chi connectivity index (χ1v) is 11.8. The monoisotopic (exact) mass is 561 g/mol. The van der Waals surface area contributed by atoms with E-state index in [1.165, 1.54) is 17.7 Å². The van der Waals surface area contributed by atoms with Gasteiger partial charge in [0.25, 0.3) is 0 Å². The second-order valence-electron chi connectivity index (χ2n) is 7.52. The molecule has 0 aliphatic carbocycles. The zero-order valence-electron chi connectivity index (χ0n) is 18.8. The fourth-order valence-electron chi connectivity index (χ4n) is 3.58. The molecule has 174 valence electrons. The Labute approximate surface area is 206 Å². The molecule has 2 aromatic heterocycles. The molecule has 0 saturated carbocycles. The molecule has 10 heteroatoms. The summed E-state index contributed by atoms with van der Waals surface area (Å²) >= 11 is 1.83. The minimum Gasteiger partial charge on any atom is -0.382 e. The van der Waals surface area contributed by atoms with Gasteiger partial charge in [0.15, 0.2) is 11.8 Å². The minimum atomic E-state index is 0. The molecule has 1 aliphatic heterocycles. The van der Waals surface area contributed by atoms with Crippen molar-refractivity contribution >= 4 is 41.3 Å². The van der Waals surface area contributed by atoms with Crippen molar-refractivity contribution < 1.29 is 4.74 Å². The number of hydrogen-bond acceptors (Lipinski definition) is 6. The zero-order valence-corrected chi connectivity index (χ0v) is 22.0. The topological polar surface area (TPSA) is 79.6 Å². The molecule has 2 aromatic rings. The summed E-state index contributed by atoms with van der Waals surface area (Å²) in [6, 6.07) is 4.75. The van der Waals surface area contributed by atoms with Gasteiger partial charge in [-0.2, -0.15) is 0 Å². The van der Waals surface area contributed by atoms with Gasteiger partial charge < -0.3 is 19.9 Å². The molecule has 0 spiro atoms. The van der Waals surface area contributed by atoms with E-state index in [4.69, 9.17) is 9.73 Å². The summed E-state index contributed by atoms with van der Waals surface area (Å²) in [4.78, 5) is 8.77. The highest BCUT2D eigenvalue weighted by Gasteiger charge is 2.24. The van der Waals surface area contributed by atoms with E-state index in [0.29, 0.717) is 12.6 Å². The van der Waals surface area contributed by atoms with E-state index in [2.05, 4.69) is 43.2 Å². The number of nitrogens with one attached hydrogen (secondary N) is 2. The number of aromatic nitrogens is 3. The lowest BCUT2D eigenvalue weighted by Gasteiger charge is -2.27. The quantitative estimate of drug-likeness (QED) is 0.190. The highest BCUT2D eigenvalue weighted by atomic mass is 127. The van der Waals surface area contributed by atoms with Crippen LogP contribution in [-0.4, -0.2) is 65.0 Å². The van der Waals surface area contributed by atoms with E-state index in [0.717, 1.165) is 63.4 Å². The van der Waals surface area contributed by atoms with Crippen LogP contribution in [0.15, 0.2) is 22.5 Å². The van der Waals surface area contributed by atoms with Crippen LogP contribution in [0.5, 0.6) is 0 Å². The summed E-state index contributed by atoms with van der Waals surface area (Å²) in [5.74, 6) is 2.57. The van der Waals surface area contributed by atoms with Crippen LogP contribution >= 0.6 is 35.3 Å². The summed E-state index contributed by atoms with van der Waals surface area (Å²) in [7, 11) is 1.98. The fourth-order valence-corrected chi connectivity index (χ4v) is 4.44. The van der Waals surface area contributed by atoms with Crippen LogP contribution in [-0.2, 0) is 18.3 Å². The number of nitrogens with zero attached hydrogens (tertiary/aromatic N) is 5. The number of halogens is 1. The Balaban J connectivity index is 0.00000341. The van der Waals surface area contributed by atoms with Crippen LogP contribution in [0.4, 0.5) is 0 Å². The van der Waals surface area contributed by atoms with Crippen LogP contribution in [0.2, 0.25) is 0 Å². The maximum Gasteiger partial charge on any atom is 0.191 e. The number of aliphatic imine (C=N–C) groups is 1. The number of rotatable bonds is 11. The van der Waals surface area contributed by atoms with Gasteiger partial charge in [0.05, 0.1) is 6.04 Å². The lowest BCUT2D eigenvalue weighted by molar-refractivity contribution is 0.145. The van der Waals surface area contributed by atoms with Gasteiger partial charge >= 0.3 is 0 Å². The smallest absolute Gasteiger partial charge is 0.191 e. The van der Waals surface area contributed by atoms with Crippen molar-refractivity contribution in [1.82, 2.24) is 30.3 Å². The molecule has 1 aliphatic rings. The number of hydrogen-bond donors (Lipinski definition) is 2. The first kappa shape index (κ1) is 26.0. The highest BCUT2D eigenvalue weighted by Crippen LogP contribution is 2.27. The SMILES string of the molecule is CCOCCCNC(=NCc1nnc(C)n1C)NCC(c1cccs1)N1CCCC1.I. The van der Waals surface area contributed by atoms with Crippen LogP contribution in [0, 0.1) is 6.92 Å². The Kier molecular flexibility index (Phi) is 11.8. The predicted octanol–water partition coefficient (Wildman–Crippen LogP) is 3.10. The normalized spacial score (nSPS) is 15.6. The predicted molar refractivity (Wildman–Crippen MR) is 137 cm³/mol. The van der Waals surface area contributed by atoms with Crippen LogP contribution in [0.25, 0.3) is 0 Å². The summed E-state index contributed by atoms with van der Waals surface area (Å²) in [6.07, 6.45) is 3.51. The van der Waals surface area contributed by atoms with Crippen molar-refractivity contribution in [2.75, 3.05) is 39.4 Å². The van der Waals surface area contributed by atoms with Crippen LogP contribution < -0.4 is 10.6 Å². The Hall–Kier alpha value is -1.24. The van der Waals surface area contributed by atoms with E-state index in [9.17, 15) is 0 Å². The van der Waals surface area contributed by atoms with Crippen molar-refractivity contribution in [3.05, 3.63) is 34.0 Å². The van der Waals surface area contributed by atoms with Crippen molar-refractivity contribution in [3.63, 3.8) is 0 Å². The molecule has 0 amide bonds. The van der Waals surface area contributed by atoms with Gasteiger partial charge in [0, 0.05) is 38.2 Å². The lowest BCUT2D eigenvalue weighted by Crippen LogP contribution is -2.43. The first-order valence-electron chi connectivity index (χ1n) is 10.9. The van der Waals surface area contributed by atoms with E-state index in [1.807, 2.05) is 36.8 Å². The Bertz CT molecular complexity index is 775. The molecule has 3 heterocycles. The summed E-state index contributed by atoms with van der Waals surface area (Å²) < 4.78 is 7.43. The molecule has 31 heavy (non-hydrogen) atoms. The zero-order chi connectivity index (χ0) is 21.2. The second-order valence-corrected chi connectivity index (χ2v) is 8.50. The highest BCUT2D eigenvalue weighted by molar-refractivity contribution is 14.0. The van der Waals surface area contributed by atoms with Crippen molar-refractivity contribution in [1.29, 1.82) is 0 Å². The molecule has 1 atom stereocenters. The van der Waals surface area contributed by atoms with Crippen molar-refractivity contribution in [2.45, 2.75) is 45.7 Å². The maximum atomic E-state index is 5.45. The maximum absolute atomic E-state index is 5.45. The third-order valence-electron chi connectivity index (χ3n) is 5.44. The molecule has 3 rings (SSSR count). The van der Waals surface area contributed by atoms with Gasteiger partial charge in [-0.25, -0.2) is 4.99 Å². The van der Waals surface area contributed by atoms with Crippen LogP contribution in [0.1, 0.15) is 48.8 Å². The van der Waals surface area contributed by atoms with Crippen molar-refractivity contribution in [3.8, 4) is 0 Å². The number of ether oxygens (including phenoxy) is 1. The van der Waals surface area contributed by atoms with Gasteiger partial charge in [0.2, 0.25) is 0 Å². The third-order valence-corrected chi connectivity index (χ3v) is 6.41. The molecular formula is C21H36IN7OS. The summed E-state index contributed by atoms with van der Waals surface area (Å²) in [5, 5.41) is 17.6. The number of likely N-dealkylation sites (tertiary alicyclic amines) is 1. The standard InChI is InChI=1S/C21H35N7OS.HI/c1-4-29-13-8-10-22-21(24-16-20-26-25-17(2)27(20)3)23-15-18(19-9-7-14-30-19)28-11-5-6-12-28;/h7,9,14,18H,4-6,8,10-13,15-16H2,1-3H3,(H2,22,23,24);1H. The van der Waals surface area contributed by atoms with Gasteiger partial charge in [-0.05, 0) is 57.6 Å². The Morgan fingerprint density at radius 2 is 2.10 bits per heavy atom. The molecule has 1 fully saturated rings. The summed E-state index contributed by atoms with van der Waals surface area (Å²) in [6.45, 7) is 9.94. The molecule has 0 bridgehead atoms. The molecule has 1 saturated heterocycles. The van der Waals surface area contributed by atoms with Crippen molar-refractivity contribution in [2.24, 2.45) is 12.0 Å². The molecular weight excluding hydrogens is 525 g/mol. The minimum absolute atomic E-state index is 0. The number of guanidine groups is 1. The van der Waals surface area contributed by atoms with Gasteiger partial charge in [-0.15, -0.1) is 45.5 Å². The summed E-state index contributed by atoms with van der Waals surface area (Å²) in [5.41, 5.74) is 0. The van der Waals surface area contributed by atoms with E-state index in [-0.39, 0.29) is 24.0 Å². The van der Waals surface area contributed by atoms with E-state index in [1.54, 1.807) is 0 Å². The Morgan fingerprint density at radius 3 is 2.74 bits per heavy atom. The number of thiophene rings is 1. The fraction of sp³-hybridized carbons (Fsp3) is 0.667. The molecule has 8 nitrogen and oxygen atoms in total. The first-order chi connectivity index (χ1) is 14.7. The largest absolute Gasteiger partial charge is 0.382 e. The average molecular weight is 562 g/mol. The molecule has 1 unspecified atom stereocenters. The second kappa shape index (κ2) is 14.0. The third kappa shape index (κ3) is 7.99. The van der Waals surface area contributed by atoms with Crippen LogP contribution in [0.3, 0.4) is 0 Å². The number of aryl methyl sites for hydroxylation is 1. The lowest BCUT2D eigenvalue weighted by atomic mass is 10.2. The molecule has 0 radical (unpaired) electrons. The van der Waals surface area contributed by atoms with Gasteiger partial charge in [0.1, 0.15) is 12.4 Å². The average Bonchev–Trinajstić information content (AvgIpc) is 3.51. The molecule has 0 aromatic carbocycles. The van der Waals surface area contributed by atoms with Gasteiger partial charge in [-0.3, -0.25) is 4.90 Å².